The quantitative estimate of drug-likeness (QED) is 0.502. The molecule has 0 saturated heterocycles. The first-order valence-corrected chi connectivity index (χ1v) is 6.96. The van der Waals surface area contributed by atoms with Crippen LogP contribution in [0.2, 0.25) is 0 Å². The van der Waals surface area contributed by atoms with Crippen LogP contribution in [0, 0.1) is 6.92 Å². The molecule has 1 aromatic carbocycles. The van der Waals surface area contributed by atoms with Crippen LogP contribution < -0.4 is 5.32 Å². The molecule has 0 unspecified atom stereocenters. The van der Waals surface area contributed by atoms with Crippen molar-refractivity contribution in [2.24, 2.45) is 0 Å². The molecule has 0 amide bonds. The third kappa shape index (κ3) is 4.58. The van der Waals surface area contributed by atoms with Crippen molar-refractivity contribution in [1.82, 2.24) is 0 Å². The molecule has 1 rings (SSSR count). The van der Waals surface area contributed by atoms with E-state index < -0.39 is 0 Å². The molecule has 0 aliphatic carbocycles. The standard InChI is InChI=1S/C19H25N/c1-7-8-9-10-19(15(4)5)20-17-11-12-18(14(2)3)16(6)13-17/h7-8,10-13,20H,2,4,9H2,1,3,5-6H3/b8-7-,19-10-. The van der Waals surface area contributed by atoms with Crippen LogP contribution in [0.1, 0.15) is 38.3 Å². The molecule has 0 heterocycles. The molecule has 1 aromatic rings. The predicted molar refractivity (Wildman–Crippen MR) is 91.8 cm³/mol. The second kappa shape index (κ2) is 7.54. The zero-order valence-corrected chi connectivity index (χ0v) is 13.1. The SMILES string of the molecule is C=C(C)/C(=C/C/C=C\C)Nc1ccc(C(=C)C)c(C)c1. The summed E-state index contributed by atoms with van der Waals surface area (Å²) in [5, 5.41) is 3.44. The van der Waals surface area contributed by atoms with Gasteiger partial charge in [0.05, 0.1) is 0 Å². The number of hydrogen-bond acceptors (Lipinski definition) is 1. The van der Waals surface area contributed by atoms with Crippen molar-refractivity contribution < 1.29 is 0 Å². The number of allylic oxidation sites excluding steroid dienone is 5. The number of hydrogen-bond donors (Lipinski definition) is 1. The van der Waals surface area contributed by atoms with Crippen molar-refractivity contribution in [1.29, 1.82) is 0 Å². The minimum atomic E-state index is 0.911. The van der Waals surface area contributed by atoms with Crippen LogP contribution in [0.25, 0.3) is 5.57 Å². The normalized spacial score (nSPS) is 11.7. The van der Waals surface area contributed by atoms with E-state index in [9.17, 15) is 0 Å². The van der Waals surface area contributed by atoms with Gasteiger partial charge < -0.3 is 5.32 Å². The van der Waals surface area contributed by atoms with Crippen molar-refractivity contribution >= 4 is 11.3 Å². The van der Waals surface area contributed by atoms with Crippen LogP contribution >= 0.6 is 0 Å². The molecule has 1 N–H and O–H groups in total. The Morgan fingerprint density at radius 2 is 1.95 bits per heavy atom. The van der Waals surface area contributed by atoms with E-state index >= 15 is 0 Å². The van der Waals surface area contributed by atoms with Gasteiger partial charge in [0.15, 0.2) is 0 Å². The Labute approximate surface area is 123 Å². The molecule has 0 saturated carbocycles. The summed E-state index contributed by atoms with van der Waals surface area (Å²) in [5.41, 5.74) is 6.74. The monoisotopic (exact) mass is 267 g/mol. The minimum Gasteiger partial charge on any atom is -0.356 e. The molecule has 0 fully saturated rings. The van der Waals surface area contributed by atoms with E-state index in [1.165, 1.54) is 11.1 Å². The first-order valence-electron chi connectivity index (χ1n) is 6.96. The summed E-state index contributed by atoms with van der Waals surface area (Å²) < 4.78 is 0. The van der Waals surface area contributed by atoms with Gasteiger partial charge in [-0.1, -0.05) is 43.0 Å². The van der Waals surface area contributed by atoms with Crippen LogP contribution in [0.4, 0.5) is 5.69 Å². The highest BCUT2D eigenvalue weighted by molar-refractivity contribution is 5.68. The molecule has 0 radical (unpaired) electrons. The van der Waals surface area contributed by atoms with E-state index in [1.807, 2.05) is 20.8 Å². The number of rotatable bonds is 6. The molecule has 0 atom stereocenters. The predicted octanol–water partition coefficient (Wildman–Crippen LogP) is 5.87. The summed E-state index contributed by atoms with van der Waals surface area (Å²) in [6, 6.07) is 6.35. The first kappa shape index (κ1) is 16.0. The van der Waals surface area contributed by atoms with E-state index in [0.717, 1.165) is 29.0 Å². The zero-order valence-electron chi connectivity index (χ0n) is 13.1. The van der Waals surface area contributed by atoms with E-state index in [1.54, 1.807) is 0 Å². The van der Waals surface area contributed by atoms with E-state index in [2.05, 4.69) is 61.8 Å². The Morgan fingerprint density at radius 1 is 1.25 bits per heavy atom. The first-order chi connectivity index (χ1) is 9.45. The molecule has 0 spiro atoms. The number of anilines is 1. The highest BCUT2D eigenvalue weighted by Crippen LogP contribution is 2.22. The third-order valence-corrected chi connectivity index (χ3v) is 3.12. The second-order valence-electron chi connectivity index (χ2n) is 5.14. The highest BCUT2D eigenvalue weighted by Gasteiger charge is 2.03. The summed E-state index contributed by atoms with van der Waals surface area (Å²) in [6.07, 6.45) is 7.25. The van der Waals surface area contributed by atoms with E-state index in [0.29, 0.717) is 0 Å². The highest BCUT2D eigenvalue weighted by atomic mass is 14.9. The van der Waals surface area contributed by atoms with Gasteiger partial charge in [0.25, 0.3) is 0 Å². The van der Waals surface area contributed by atoms with E-state index in [-0.39, 0.29) is 0 Å². The molecule has 0 aromatic heterocycles. The Bertz CT molecular complexity index is 559. The maximum absolute atomic E-state index is 4.03. The lowest BCUT2D eigenvalue weighted by molar-refractivity contribution is 1.26. The summed E-state index contributed by atoms with van der Waals surface area (Å²) in [5.74, 6) is 0. The summed E-state index contributed by atoms with van der Waals surface area (Å²) in [4.78, 5) is 0. The van der Waals surface area contributed by atoms with Crippen LogP contribution in [0.5, 0.6) is 0 Å². The number of aryl methyl sites for hydroxylation is 1. The van der Waals surface area contributed by atoms with Crippen LogP contribution in [-0.4, -0.2) is 0 Å². The minimum absolute atomic E-state index is 0.911. The third-order valence-electron chi connectivity index (χ3n) is 3.12. The molecule has 1 nitrogen and oxygen atoms in total. The van der Waals surface area contributed by atoms with Gasteiger partial charge in [-0.3, -0.25) is 0 Å². The number of nitrogens with one attached hydrogen (secondary N) is 1. The van der Waals surface area contributed by atoms with Crippen LogP contribution in [-0.2, 0) is 0 Å². The van der Waals surface area contributed by atoms with Gasteiger partial charge in [-0.15, -0.1) is 0 Å². The maximum Gasteiger partial charge on any atom is 0.0387 e. The van der Waals surface area contributed by atoms with Crippen molar-refractivity contribution in [3.8, 4) is 0 Å². The number of benzene rings is 1. The smallest absolute Gasteiger partial charge is 0.0387 e. The molecule has 0 bridgehead atoms. The molecule has 1 heteroatoms. The van der Waals surface area contributed by atoms with Gasteiger partial charge in [0.2, 0.25) is 0 Å². The van der Waals surface area contributed by atoms with E-state index in [4.69, 9.17) is 0 Å². The molecule has 20 heavy (non-hydrogen) atoms. The lowest BCUT2D eigenvalue weighted by Crippen LogP contribution is -2.01. The van der Waals surface area contributed by atoms with Gasteiger partial charge in [-0.05, 0) is 62.9 Å². The second-order valence-corrected chi connectivity index (χ2v) is 5.14. The fourth-order valence-corrected chi connectivity index (χ4v) is 2.03. The van der Waals surface area contributed by atoms with Gasteiger partial charge in [-0.25, -0.2) is 0 Å². The summed E-state index contributed by atoms with van der Waals surface area (Å²) >= 11 is 0. The average molecular weight is 267 g/mol. The summed E-state index contributed by atoms with van der Waals surface area (Å²) in [6.45, 7) is 16.2. The fraction of sp³-hybridized carbons (Fsp3) is 0.263. The zero-order chi connectivity index (χ0) is 15.1. The molecule has 0 aliphatic heterocycles. The average Bonchev–Trinajstić information content (AvgIpc) is 2.37. The molecule has 0 aliphatic rings. The largest absolute Gasteiger partial charge is 0.356 e. The van der Waals surface area contributed by atoms with Gasteiger partial charge >= 0.3 is 0 Å². The molecular formula is C19H25N. The van der Waals surface area contributed by atoms with Crippen LogP contribution in [0.3, 0.4) is 0 Å². The van der Waals surface area contributed by atoms with Gasteiger partial charge in [-0.2, -0.15) is 0 Å². The Hall–Kier alpha value is -2.02. The lowest BCUT2D eigenvalue weighted by atomic mass is 10.0. The van der Waals surface area contributed by atoms with Crippen molar-refractivity contribution in [3.05, 3.63) is 72.0 Å². The Kier molecular flexibility index (Phi) is 6.05. The van der Waals surface area contributed by atoms with Crippen molar-refractivity contribution in [2.75, 3.05) is 5.32 Å². The Balaban J connectivity index is 2.95. The molecule has 106 valence electrons. The maximum atomic E-state index is 4.03. The van der Waals surface area contributed by atoms with Crippen molar-refractivity contribution in [3.63, 3.8) is 0 Å². The van der Waals surface area contributed by atoms with Gasteiger partial charge in [0.1, 0.15) is 0 Å². The fourth-order valence-electron chi connectivity index (χ4n) is 2.03. The molecular weight excluding hydrogens is 242 g/mol. The lowest BCUT2D eigenvalue weighted by Gasteiger charge is -2.13. The Morgan fingerprint density at radius 3 is 2.45 bits per heavy atom. The summed E-state index contributed by atoms with van der Waals surface area (Å²) in [7, 11) is 0. The van der Waals surface area contributed by atoms with Gasteiger partial charge in [0, 0.05) is 11.4 Å². The van der Waals surface area contributed by atoms with Crippen LogP contribution in [0.15, 0.2) is 60.9 Å². The topological polar surface area (TPSA) is 12.0 Å². The van der Waals surface area contributed by atoms with Crippen molar-refractivity contribution in [2.45, 2.75) is 34.1 Å².